The number of nitriles is 1. The van der Waals surface area contributed by atoms with Crippen LogP contribution in [0.1, 0.15) is 31.2 Å². The van der Waals surface area contributed by atoms with Gasteiger partial charge in [0.2, 0.25) is 0 Å². The molecule has 1 heterocycles. The van der Waals surface area contributed by atoms with E-state index in [1.54, 1.807) is 24.3 Å². The number of carbonyl (C=O) groups excluding carboxylic acids is 1. The molecular formula is C16H20N2O3. The number of amides is 1. The van der Waals surface area contributed by atoms with Gasteiger partial charge in [0.05, 0.1) is 11.7 Å². The third-order valence-corrected chi connectivity index (χ3v) is 3.43. The summed E-state index contributed by atoms with van der Waals surface area (Å²) in [6, 6.07) is 8.91. The van der Waals surface area contributed by atoms with Gasteiger partial charge < -0.3 is 14.8 Å². The van der Waals surface area contributed by atoms with Gasteiger partial charge >= 0.3 is 0 Å². The molecule has 1 amide bonds. The molecule has 1 N–H and O–H groups in total. The van der Waals surface area contributed by atoms with E-state index >= 15 is 0 Å². The highest BCUT2D eigenvalue weighted by atomic mass is 16.5. The summed E-state index contributed by atoms with van der Waals surface area (Å²) in [4.78, 5) is 11.7. The van der Waals surface area contributed by atoms with Crippen molar-refractivity contribution in [2.24, 2.45) is 0 Å². The predicted octanol–water partition coefficient (Wildman–Crippen LogP) is 2.01. The lowest BCUT2D eigenvalue weighted by Gasteiger charge is -2.22. The Morgan fingerprint density at radius 1 is 1.43 bits per heavy atom. The van der Waals surface area contributed by atoms with E-state index in [1.807, 2.05) is 6.07 Å². The molecule has 1 unspecified atom stereocenters. The molecule has 0 radical (unpaired) electrons. The minimum atomic E-state index is -0.182. The number of nitrogens with one attached hydrogen (secondary N) is 1. The van der Waals surface area contributed by atoms with Crippen molar-refractivity contribution in [3.05, 3.63) is 29.8 Å². The average Bonchev–Trinajstić information content (AvgIpc) is 2.54. The van der Waals surface area contributed by atoms with Crippen LogP contribution in [0.5, 0.6) is 5.75 Å². The third-order valence-electron chi connectivity index (χ3n) is 3.43. The van der Waals surface area contributed by atoms with Gasteiger partial charge in [-0.2, -0.15) is 5.26 Å². The molecular weight excluding hydrogens is 268 g/mol. The molecule has 112 valence electrons. The van der Waals surface area contributed by atoms with Crippen LogP contribution in [0.3, 0.4) is 0 Å². The zero-order valence-electron chi connectivity index (χ0n) is 12.0. The number of benzene rings is 1. The van der Waals surface area contributed by atoms with E-state index in [1.165, 1.54) is 6.42 Å². The molecule has 1 atom stereocenters. The lowest BCUT2D eigenvalue weighted by Crippen LogP contribution is -2.32. The van der Waals surface area contributed by atoms with Crippen molar-refractivity contribution in [3.8, 4) is 11.8 Å². The lowest BCUT2D eigenvalue weighted by atomic mass is 10.1. The molecule has 1 aromatic rings. The molecule has 0 bridgehead atoms. The second kappa shape index (κ2) is 8.28. The highest BCUT2D eigenvalue weighted by molar-refractivity contribution is 5.77. The van der Waals surface area contributed by atoms with Gasteiger partial charge in [0.15, 0.2) is 6.61 Å². The smallest absolute Gasteiger partial charge is 0.257 e. The topological polar surface area (TPSA) is 71.3 Å². The van der Waals surface area contributed by atoms with Crippen LogP contribution in [0.2, 0.25) is 0 Å². The molecule has 21 heavy (non-hydrogen) atoms. The predicted molar refractivity (Wildman–Crippen MR) is 77.9 cm³/mol. The zero-order chi connectivity index (χ0) is 14.9. The fraction of sp³-hybridized carbons (Fsp3) is 0.500. The summed E-state index contributed by atoms with van der Waals surface area (Å²) in [6.07, 6.45) is 4.50. The highest BCUT2D eigenvalue weighted by Gasteiger charge is 2.13. The number of rotatable bonds is 6. The molecule has 0 aliphatic carbocycles. The minimum absolute atomic E-state index is 0.0791. The van der Waals surface area contributed by atoms with Crippen molar-refractivity contribution >= 4 is 5.91 Å². The Morgan fingerprint density at radius 2 is 2.29 bits per heavy atom. The lowest BCUT2D eigenvalue weighted by molar-refractivity contribution is -0.123. The summed E-state index contributed by atoms with van der Waals surface area (Å²) in [5, 5.41) is 11.7. The molecule has 2 rings (SSSR count). The summed E-state index contributed by atoms with van der Waals surface area (Å²) < 4.78 is 11.0. The zero-order valence-corrected chi connectivity index (χ0v) is 12.0. The normalized spacial score (nSPS) is 17.8. The number of ether oxygens (including phenoxy) is 2. The van der Waals surface area contributed by atoms with Gasteiger partial charge in [-0.3, -0.25) is 4.79 Å². The van der Waals surface area contributed by atoms with Gasteiger partial charge in [0, 0.05) is 13.2 Å². The van der Waals surface area contributed by atoms with Gasteiger partial charge in [0.25, 0.3) is 5.91 Å². The molecule has 1 saturated heterocycles. The second-order valence-electron chi connectivity index (χ2n) is 5.02. The van der Waals surface area contributed by atoms with E-state index in [-0.39, 0.29) is 18.6 Å². The Hall–Kier alpha value is -2.06. The second-order valence-corrected chi connectivity index (χ2v) is 5.02. The maximum atomic E-state index is 11.7. The Kier molecular flexibility index (Phi) is 6.04. The van der Waals surface area contributed by atoms with E-state index < -0.39 is 0 Å². The molecule has 0 saturated carbocycles. The maximum Gasteiger partial charge on any atom is 0.257 e. The van der Waals surface area contributed by atoms with E-state index in [4.69, 9.17) is 14.7 Å². The first kappa shape index (κ1) is 15.3. The van der Waals surface area contributed by atoms with Crippen LogP contribution in [0.25, 0.3) is 0 Å². The monoisotopic (exact) mass is 288 g/mol. The van der Waals surface area contributed by atoms with Crippen molar-refractivity contribution in [1.82, 2.24) is 5.32 Å². The van der Waals surface area contributed by atoms with Crippen molar-refractivity contribution < 1.29 is 14.3 Å². The molecule has 5 heteroatoms. The van der Waals surface area contributed by atoms with Crippen LogP contribution >= 0.6 is 0 Å². The Morgan fingerprint density at radius 3 is 3.05 bits per heavy atom. The molecule has 0 spiro atoms. The van der Waals surface area contributed by atoms with Gasteiger partial charge in [-0.1, -0.05) is 12.1 Å². The van der Waals surface area contributed by atoms with E-state index in [0.717, 1.165) is 25.9 Å². The molecule has 1 aliphatic heterocycles. The van der Waals surface area contributed by atoms with Gasteiger partial charge in [-0.05, 0) is 37.8 Å². The van der Waals surface area contributed by atoms with E-state index in [0.29, 0.717) is 17.9 Å². The van der Waals surface area contributed by atoms with E-state index in [9.17, 15) is 4.79 Å². The first-order valence-electron chi connectivity index (χ1n) is 7.30. The van der Waals surface area contributed by atoms with Gasteiger partial charge in [0.1, 0.15) is 11.8 Å². The number of hydrogen-bond acceptors (Lipinski definition) is 4. The fourth-order valence-electron chi connectivity index (χ4n) is 2.29. The quantitative estimate of drug-likeness (QED) is 0.869. The van der Waals surface area contributed by atoms with Crippen LogP contribution in [0, 0.1) is 11.3 Å². The van der Waals surface area contributed by atoms with Crippen molar-refractivity contribution in [1.29, 1.82) is 5.26 Å². The molecule has 1 fully saturated rings. The first-order chi connectivity index (χ1) is 10.3. The SMILES string of the molecule is N#Cc1ccccc1OCC(=O)NCCC1CCCCO1. The van der Waals surface area contributed by atoms with E-state index in [2.05, 4.69) is 5.32 Å². The number of para-hydroxylation sites is 1. The van der Waals surface area contributed by atoms with Crippen molar-refractivity contribution in [2.75, 3.05) is 19.8 Å². The van der Waals surface area contributed by atoms with Crippen LogP contribution in [-0.2, 0) is 9.53 Å². The minimum Gasteiger partial charge on any atom is -0.482 e. The Labute approximate surface area is 124 Å². The third kappa shape index (κ3) is 5.09. The summed E-state index contributed by atoms with van der Waals surface area (Å²) >= 11 is 0. The summed E-state index contributed by atoms with van der Waals surface area (Å²) in [5.74, 6) is 0.254. The maximum absolute atomic E-state index is 11.7. The molecule has 0 aromatic heterocycles. The first-order valence-corrected chi connectivity index (χ1v) is 7.30. The van der Waals surface area contributed by atoms with Gasteiger partial charge in [-0.25, -0.2) is 0 Å². The fourth-order valence-corrected chi connectivity index (χ4v) is 2.29. The number of carbonyl (C=O) groups is 1. The standard InChI is InChI=1S/C16H20N2O3/c17-11-13-5-1-2-7-15(13)21-12-16(19)18-9-8-14-6-3-4-10-20-14/h1-2,5,7,14H,3-4,6,8-10,12H2,(H,18,19). The number of hydrogen-bond donors (Lipinski definition) is 1. The summed E-state index contributed by atoms with van der Waals surface area (Å²) in [5.41, 5.74) is 0.431. The summed E-state index contributed by atoms with van der Waals surface area (Å²) in [7, 11) is 0. The Bertz CT molecular complexity index is 504. The molecule has 1 aromatic carbocycles. The average molecular weight is 288 g/mol. The van der Waals surface area contributed by atoms with Gasteiger partial charge in [-0.15, -0.1) is 0 Å². The Balaban J connectivity index is 1.66. The van der Waals surface area contributed by atoms with Crippen LogP contribution in [0.15, 0.2) is 24.3 Å². The van der Waals surface area contributed by atoms with Crippen LogP contribution < -0.4 is 10.1 Å². The summed E-state index contributed by atoms with van der Waals surface area (Å²) in [6.45, 7) is 1.34. The molecule has 5 nitrogen and oxygen atoms in total. The van der Waals surface area contributed by atoms with Crippen molar-refractivity contribution in [2.45, 2.75) is 31.8 Å². The highest BCUT2D eigenvalue weighted by Crippen LogP contribution is 2.16. The van der Waals surface area contributed by atoms with Crippen LogP contribution in [0.4, 0.5) is 0 Å². The largest absolute Gasteiger partial charge is 0.482 e. The van der Waals surface area contributed by atoms with Crippen LogP contribution in [-0.4, -0.2) is 31.8 Å². The number of nitrogens with zero attached hydrogens (tertiary/aromatic N) is 1. The van der Waals surface area contributed by atoms with Crippen molar-refractivity contribution in [3.63, 3.8) is 0 Å². The molecule has 1 aliphatic rings.